The van der Waals surface area contributed by atoms with Gasteiger partial charge in [-0.2, -0.15) is 4.98 Å². The average Bonchev–Trinajstić information content (AvgIpc) is 3.30. The van der Waals surface area contributed by atoms with E-state index in [1.807, 2.05) is 4.57 Å². The van der Waals surface area contributed by atoms with Crippen LogP contribution in [0.2, 0.25) is 0 Å². The average molecular weight is 420 g/mol. The molecule has 0 radical (unpaired) electrons. The van der Waals surface area contributed by atoms with Gasteiger partial charge in [-0.3, -0.25) is 9.36 Å². The summed E-state index contributed by atoms with van der Waals surface area (Å²) in [6.07, 6.45) is 6.03. The van der Waals surface area contributed by atoms with Crippen LogP contribution in [0.25, 0.3) is 11.2 Å². The molecule has 1 aliphatic heterocycles. The maximum atomic E-state index is 12.9. The molecule has 1 N–H and O–H groups in total. The second-order valence-electron chi connectivity index (χ2n) is 8.68. The molecule has 162 valence electrons. The molecule has 0 atom stereocenters. The molecule has 2 aliphatic rings. The van der Waals surface area contributed by atoms with Gasteiger partial charge in [0.05, 0.1) is 6.20 Å². The molecule has 2 fully saturated rings. The van der Waals surface area contributed by atoms with Crippen molar-refractivity contribution in [2.24, 2.45) is 0 Å². The second-order valence-corrected chi connectivity index (χ2v) is 8.68. The molecule has 1 saturated heterocycles. The normalized spacial score (nSPS) is 18.1. The van der Waals surface area contributed by atoms with Crippen molar-refractivity contribution in [3.63, 3.8) is 0 Å². The van der Waals surface area contributed by atoms with Crippen molar-refractivity contribution in [2.75, 3.05) is 43.4 Å². The van der Waals surface area contributed by atoms with Crippen LogP contribution in [-0.2, 0) is 0 Å². The highest BCUT2D eigenvalue weighted by molar-refractivity contribution is 5.72. The van der Waals surface area contributed by atoms with Gasteiger partial charge in [0.15, 0.2) is 5.65 Å². The second kappa shape index (κ2) is 8.26. The summed E-state index contributed by atoms with van der Waals surface area (Å²) in [6.45, 7) is 6.02. The number of hydrogen-bond donors (Lipinski definition) is 1. The van der Waals surface area contributed by atoms with E-state index in [9.17, 15) is 4.79 Å². The summed E-state index contributed by atoms with van der Waals surface area (Å²) in [7, 11) is 2.16. The zero-order chi connectivity index (χ0) is 21.4. The van der Waals surface area contributed by atoms with Gasteiger partial charge in [0, 0.05) is 43.6 Å². The van der Waals surface area contributed by atoms with Crippen LogP contribution < -0.4 is 15.8 Å². The standard InChI is InChI=1S/C23H29N7O/c1-16-22(31)30(19-5-3-4-6-19)21-20(25-16)15-24-23(27-21)26-17-7-9-18(10-8-17)29-13-11-28(2)12-14-29/h7-10,15,19H,3-6,11-14H2,1-2H3,(H,24,26,27). The van der Waals surface area contributed by atoms with E-state index in [1.54, 1.807) is 13.1 Å². The minimum absolute atomic E-state index is 0.0411. The maximum absolute atomic E-state index is 12.9. The lowest BCUT2D eigenvalue weighted by Gasteiger charge is -2.34. The van der Waals surface area contributed by atoms with Crippen LogP contribution in [0.1, 0.15) is 37.4 Å². The predicted octanol–water partition coefficient (Wildman–Crippen LogP) is 3.11. The Hall–Kier alpha value is -3.00. The Morgan fingerprint density at radius 2 is 1.71 bits per heavy atom. The van der Waals surface area contributed by atoms with Crippen LogP contribution >= 0.6 is 0 Å². The van der Waals surface area contributed by atoms with E-state index >= 15 is 0 Å². The molecule has 3 heterocycles. The van der Waals surface area contributed by atoms with Crippen molar-refractivity contribution in [1.29, 1.82) is 0 Å². The summed E-state index contributed by atoms with van der Waals surface area (Å²) < 4.78 is 1.84. The predicted molar refractivity (Wildman–Crippen MR) is 123 cm³/mol. The number of rotatable bonds is 4. The number of benzene rings is 1. The zero-order valence-corrected chi connectivity index (χ0v) is 18.2. The Bertz CT molecular complexity index is 1130. The summed E-state index contributed by atoms with van der Waals surface area (Å²) >= 11 is 0. The summed E-state index contributed by atoms with van der Waals surface area (Å²) in [4.78, 5) is 31.2. The lowest BCUT2D eigenvalue weighted by Crippen LogP contribution is -2.44. The first-order valence-corrected chi connectivity index (χ1v) is 11.1. The van der Waals surface area contributed by atoms with Crippen LogP contribution in [-0.4, -0.2) is 57.6 Å². The zero-order valence-electron chi connectivity index (χ0n) is 18.2. The van der Waals surface area contributed by atoms with Crippen molar-refractivity contribution < 1.29 is 0 Å². The van der Waals surface area contributed by atoms with Crippen LogP contribution in [0.15, 0.2) is 35.3 Å². The van der Waals surface area contributed by atoms with Crippen molar-refractivity contribution in [3.05, 3.63) is 46.5 Å². The van der Waals surface area contributed by atoms with Gasteiger partial charge < -0.3 is 15.1 Å². The number of aryl methyl sites for hydroxylation is 1. The van der Waals surface area contributed by atoms with Gasteiger partial charge in [-0.25, -0.2) is 9.97 Å². The molecule has 0 unspecified atom stereocenters. The van der Waals surface area contributed by atoms with E-state index in [0.717, 1.165) is 57.5 Å². The minimum atomic E-state index is -0.0411. The number of nitrogens with zero attached hydrogens (tertiary/aromatic N) is 6. The van der Waals surface area contributed by atoms with Gasteiger partial charge in [0.1, 0.15) is 11.2 Å². The fraction of sp³-hybridized carbons (Fsp3) is 0.478. The smallest absolute Gasteiger partial charge is 0.273 e. The van der Waals surface area contributed by atoms with Gasteiger partial charge >= 0.3 is 0 Å². The highest BCUT2D eigenvalue weighted by atomic mass is 16.1. The van der Waals surface area contributed by atoms with E-state index in [0.29, 0.717) is 22.8 Å². The summed E-state index contributed by atoms with van der Waals surface area (Å²) in [6, 6.07) is 8.57. The molecule has 0 spiro atoms. The molecular formula is C23H29N7O. The first-order valence-electron chi connectivity index (χ1n) is 11.1. The molecule has 2 aromatic heterocycles. The van der Waals surface area contributed by atoms with Gasteiger partial charge in [0.2, 0.25) is 5.95 Å². The van der Waals surface area contributed by atoms with Gasteiger partial charge in [-0.15, -0.1) is 0 Å². The van der Waals surface area contributed by atoms with E-state index in [1.165, 1.54) is 5.69 Å². The topological polar surface area (TPSA) is 79.2 Å². The number of nitrogens with one attached hydrogen (secondary N) is 1. The third-order valence-electron chi connectivity index (χ3n) is 6.48. The quantitative estimate of drug-likeness (QED) is 0.696. The molecule has 3 aromatic rings. The summed E-state index contributed by atoms with van der Waals surface area (Å²) in [5.74, 6) is 0.483. The first-order chi connectivity index (χ1) is 15.1. The van der Waals surface area contributed by atoms with Crippen molar-refractivity contribution in [1.82, 2.24) is 24.4 Å². The van der Waals surface area contributed by atoms with E-state index in [-0.39, 0.29) is 11.6 Å². The van der Waals surface area contributed by atoms with E-state index in [4.69, 9.17) is 4.98 Å². The van der Waals surface area contributed by atoms with Crippen LogP contribution in [0, 0.1) is 6.92 Å². The molecule has 8 heteroatoms. The Balaban J connectivity index is 1.41. The van der Waals surface area contributed by atoms with Crippen molar-refractivity contribution in [3.8, 4) is 0 Å². The minimum Gasteiger partial charge on any atom is -0.369 e. The molecule has 1 aliphatic carbocycles. The fourth-order valence-corrected chi connectivity index (χ4v) is 4.63. The number of likely N-dealkylation sites (N-methyl/N-ethyl adjacent to an activating group) is 1. The van der Waals surface area contributed by atoms with E-state index in [2.05, 4.69) is 56.4 Å². The molecule has 31 heavy (non-hydrogen) atoms. The number of hydrogen-bond acceptors (Lipinski definition) is 7. The van der Waals surface area contributed by atoms with Crippen molar-refractivity contribution >= 4 is 28.5 Å². The molecule has 1 aromatic carbocycles. The number of piperazine rings is 1. The lowest BCUT2D eigenvalue weighted by molar-refractivity contribution is 0.313. The third kappa shape index (κ3) is 3.99. The van der Waals surface area contributed by atoms with Crippen molar-refractivity contribution in [2.45, 2.75) is 38.6 Å². The highest BCUT2D eigenvalue weighted by Crippen LogP contribution is 2.30. The van der Waals surface area contributed by atoms with Crippen LogP contribution in [0.3, 0.4) is 0 Å². The Morgan fingerprint density at radius 3 is 2.42 bits per heavy atom. The molecule has 0 bridgehead atoms. The van der Waals surface area contributed by atoms with Gasteiger partial charge in [-0.05, 0) is 51.1 Å². The molecule has 5 rings (SSSR count). The SMILES string of the molecule is Cc1nc2cnc(Nc3ccc(N4CCN(C)CC4)cc3)nc2n(C2CCCC2)c1=O. The molecule has 1 saturated carbocycles. The molecular weight excluding hydrogens is 390 g/mol. The Morgan fingerprint density at radius 1 is 1.00 bits per heavy atom. The van der Waals surface area contributed by atoms with E-state index < -0.39 is 0 Å². The maximum Gasteiger partial charge on any atom is 0.273 e. The lowest BCUT2D eigenvalue weighted by atomic mass is 10.2. The number of fused-ring (bicyclic) bond motifs is 1. The van der Waals surface area contributed by atoms with Gasteiger partial charge in [-0.1, -0.05) is 12.8 Å². The number of anilines is 3. The first kappa shape index (κ1) is 19.9. The summed E-state index contributed by atoms with van der Waals surface area (Å²) in [5.41, 5.74) is 3.90. The largest absolute Gasteiger partial charge is 0.369 e. The Kier molecular flexibility index (Phi) is 5.31. The third-order valence-corrected chi connectivity index (χ3v) is 6.48. The molecule has 0 amide bonds. The Labute approximate surface area is 181 Å². The molecule has 8 nitrogen and oxygen atoms in total. The van der Waals surface area contributed by atoms with Crippen LogP contribution in [0.4, 0.5) is 17.3 Å². The van der Waals surface area contributed by atoms with Gasteiger partial charge in [0.25, 0.3) is 5.56 Å². The summed E-state index contributed by atoms with van der Waals surface area (Å²) in [5, 5.41) is 3.29. The monoisotopic (exact) mass is 419 g/mol. The van der Waals surface area contributed by atoms with Crippen LogP contribution in [0.5, 0.6) is 0 Å². The highest BCUT2D eigenvalue weighted by Gasteiger charge is 2.22. The fourth-order valence-electron chi connectivity index (χ4n) is 4.63. The number of aromatic nitrogens is 4.